The second-order valence-electron chi connectivity index (χ2n) is 6.27. The Morgan fingerprint density at radius 2 is 2.08 bits per heavy atom. The van der Waals surface area contributed by atoms with Crippen LogP contribution in [0.5, 0.6) is 0 Å². The predicted molar refractivity (Wildman–Crippen MR) is 101 cm³/mol. The Kier molecular flexibility index (Phi) is 4.22. The van der Waals surface area contributed by atoms with Gasteiger partial charge >= 0.3 is 0 Å². The van der Waals surface area contributed by atoms with Crippen LogP contribution in [0.3, 0.4) is 0 Å². The number of fused-ring (bicyclic) bond motifs is 1. The highest BCUT2D eigenvalue weighted by atomic mass is 79.9. The molecule has 1 aliphatic carbocycles. The molecule has 0 N–H and O–H groups in total. The second kappa shape index (κ2) is 6.00. The molecule has 2 saturated heterocycles. The van der Waals surface area contributed by atoms with Gasteiger partial charge in [0.1, 0.15) is 0 Å². The summed E-state index contributed by atoms with van der Waals surface area (Å²) in [7, 11) is -3.08. The van der Waals surface area contributed by atoms with Gasteiger partial charge < -0.3 is 4.90 Å². The van der Waals surface area contributed by atoms with Crippen molar-refractivity contribution in [3.8, 4) is 0 Å². The van der Waals surface area contributed by atoms with Gasteiger partial charge in [-0.2, -0.15) is 4.99 Å². The summed E-state index contributed by atoms with van der Waals surface area (Å²) in [5.74, 6) is 0.0974. The van der Waals surface area contributed by atoms with E-state index in [4.69, 9.17) is 11.6 Å². The number of sulfone groups is 1. The fourth-order valence-corrected chi connectivity index (χ4v) is 7.72. The Hall–Kier alpha value is -0.570. The standard InChI is InChI=1S/C15H14BrClN2O3S2/c16-9-3-4-11(10(17)5-9)19-12-6-24(21,22)7-13(12)23-15(19)18-14(20)8-1-2-8/h3-5,8,12-13H,1-2,6-7H2/t12-,13-/m0/s1. The van der Waals surface area contributed by atoms with Gasteiger partial charge in [0.2, 0.25) is 0 Å². The van der Waals surface area contributed by atoms with Crippen molar-refractivity contribution < 1.29 is 13.2 Å². The van der Waals surface area contributed by atoms with Gasteiger partial charge in [0.05, 0.1) is 28.3 Å². The van der Waals surface area contributed by atoms with Crippen molar-refractivity contribution in [3.05, 3.63) is 27.7 Å². The molecule has 3 aliphatic rings. The molecular weight excluding hydrogens is 436 g/mol. The number of nitrogens with zero attached hydrogens (tertiary/aromatic N) is 2. The first-order chi connectivity index (χ1) is 11.3. The zero-order valence-electron chi connectivity index (χ0n) is 12.5. The summed E-state index contributed by atoms with van der Waals surface area (Å²) in [6, 6.07) is 5.21. The average Bonchev–Trinajstić information content (AvgIpc) is 3.22. The summed E-state index contributed by atoms with van der Waals surface area (Å²) in [6.45, 7) is 0. The Labute approximate surface area is 157 Å². The minimum Gasteiger partial charge on any atom is -0.314 e. The molecule has 0 unspecified atom stereocenters. The van der Waals surface area contributed by atoms with E-state index in [1.165, 1.54) is 11.8 Å². The van der Waals surface area contributed by atoms with Gasteiger partial charge in [-0.05, 0) is 31.0 Å². The molecule has 5 nitrogen and oxygen atoms in total. The quantitative estimate of drug-likeness (QED) is 0.694. The highest BCUT2D eigenvalue weighted by Crippen LogP contribution is 2.44. The maximum atomic E-state index is 12.1. The summed E-state index contributed by atoms with van der Waals surface area (Å²) in [5, 5.41) is 0.961. The monoisotopic (exact) mass is 448 g/mol. The second-order valence-corrected chi connectivity index (χ2v) is 11.0. The fraction of sp³-hybridized carbons (Fsp3) is 0.467. The van der Waals surface area contributed by atoms with E-state index in [2.05, 4.69) is 20.9 Å². The Bertz CT molecular complexity index is 854. The zero-order chi connectivity index (χ0) is 17.1. The number of rotatable bonds is 2. The average molecular weight is 450 g/mol. The van der Waals surface area contributed by atoms with E-state index in [0.717, 1.165) is 17.3 Å². The third-order valence-corrected chi connectivity index (χ3v) is 8.37. The first-order valence-corrected chi connectivity index (χ1v) is 11.5. The van der Waals surface area contributed by atoms with E-state index in [0.29, 0.717) is 15.9 Å². The van der Waals surface area contributed by atoms with Gasteiger partial charge in [0.15, 0.2) is 15.0 Å². The van der Waals surface area contributed by atoms with Crippen LogP contribution in [0.15, 0.2) is 27.7 Å². The largest absolute Gasteiger partial charge is 0.314 e. The number of benzene rings is 1. The van der Waals surface area contributed by atoms with Crippen LogP contribution in [-0.2, 0) is 14.6 Å². The van der Waals surface area contributed by atoms with Crippen molar-refractivity contribution in [2.75, 3.05) is 16.4 Å². The number of carbonyl (C=O) groups excluding carboxylic acids is 1. The first kappa shape index (κ1) is 16.9. The van der Waals surface area contributed by atoms with E-state index in [-0.39, 0.29) is 34.6 Å². The van der Waals surface area contributed by atoms with Gasteiger partial charge in [-0.1, -0.05) is 39.3 Å². The lowest BCUT2D eigenvalue weighted by Gasteiger charge is -2.25. The molecule has 1 saturated carbocycles. The SMILES string of the molecule is O=C(N=C1S[C@H]2CS(=O)(=O)C[C@@H]2N1c1ccc(Br)cc1Cl)C1CC1. The zero-order valence-corrected chi connectivity index (χ0v) is 16.5. The summed E-state index contributed by atoms with van der Waals surface area (Å²) in [6.07, 6.45) is 1.78. The van der Waals surface area contributed by atoms with Crippen molar-refractivity contribution in [1.29, 1.82) is 0 Å². The van der Waals surface area contributed by atoms with Crippen LogP contribution in [0, 0.1) is 5.92 Å². The molecule has 4 rings (SSSR count). The van der Waals surface area contributed by atoms with Crippen LogP contribution in [0.25, 0.3) is 0 Å². The minimum absolute atomic E-state index is 0.0320. The molecule has 1 aromatic carbocycles. The molecule has 0 spiro atoms. The van der Waals surface area contributed by atoms with Crippen LogP contribution < -0.4 is 4.90 Å². The summed E-state index contributed by atoms with van der Waals surface area (Å²) in [4.78, 5) is 18.3. The van der Waals surface area contributed by atoms with Gasteiger partial charge in [0.25, 0.3) is 5.91 Å². The van der Waals surface area contributed by atoms with Gasteiger partial charge in [-0.3, -0.25) is 4.79 Å². The molecule has 0 aromatic heterocycles. The van der Waals surface area contributed by atoms with Crippen LogP contribution in [0.1, 0.15) is 12.8 Å². The summed E-state index contributed by atoms with van der Waals surface area (Å²) < 4.78 is 24.9. The molecule has 24 heavy (non-hydrogen) atoms. The molecule has 9 heteroatoms. The minimum atomic E-state index is -3.08. The van der Waals surface area contributed by atoms with Crippen molar-refractivity contribution in [2.24, 2.45) is 10.9 Å². The van der Waals surface area contributed by atoms with Crippen molar-refractivity contribution in [1.82, 2.24) is 0 Å². The van der Waals surface area contributed by atoms with Gasteiger partial charge in [-0.15, -0.1) is 0 Å². The number of hydrogen-bond acceptors (Lipinski definition) is 4. The topological polar surface area (TPSA) is 66.8 Å². The number of aliphatic imine (C=N–C) groups is 1. The number of thioether (sulfide) groups is 1. The highest BCUT2D eigenvalue weighted by Gasteiger charge is 2.50. The molecule has 1 aromatic rings. The Balaban J connectivity index is 1.76. The smallest absolute Gasteiger partial charge is 0.251 e. The van der Waals surface area contributed by atoms with E-state index in [1.807, 2.05) is 17.0 Å². The maximum Gasteiger partial charge on any atom is 0.251 e. The lowest BCUT2D eigenvalue weighted by atomic mass is 10.2. The van der Waals surface area contributed by atoms with E-state index < -0.39 is 9.84 Å². The number of halogens is 2. The molecule has 0 radical (unpaired) electrons. The third kappa shape index (κ3) is 3.13. The van der Waals surface area contributed by atoms with Crippen molar-refractivity contribution in [3.63, 3.8) is 0 Å². The Morgan fingerprint density at radius 1 is 1.33 bits per heavy atom. The van der Waals surface area contributed by atoms with E-state index in [1.54, 1.807) is 6.07 Å². The van der Waals surface area contributed by atoms with Crippen LogP contribution in [0.4, 0.5) is 5.69 Å². The third-order valence-electron chi connectivity index (χ3n) is 4.37. The molecule has 2 aliphatic heterocycles. The highest BCUT2D eigenvalue weighted by molar-refractivity contribution is 9.10. The van der Waals surface area contributed by atoms with Gasteiger partial charge in [0, 0.05) is 15.6 Å². The molecule has 3 fully saturated rings. The van der Waals surface area contributed by atoms with Gasteiger partial charge in [-0.25, -0.2) is 8.42 Å². The van der Waals surface area contributed by atoms with E-state index >= 15 is 0 Å². The van der Waals surface area contributed by atoms with E-state index in [9.17, 15) is 13.2 Å². The van der Waals surface area contributed by atoms with Crippen LogP contribution in [-0.4, -0.2) is 42.3 Å². The molecule has 2 atom stereocenters. The first-order valence-electron chi connectivity index (χ1n) is 7.58. The summed E-state index contributed by atoms with van der Waals surface area (Å²) in [5.41, 5.74) is 0.694. The fourth-order valence-electron chi connectivity index (χ4n) is 3.04. The maximum absolute atomic E-state index is 12.1. The number of carbonyl (C=O) groups is 1. The molecule has 0 bridgehead atoms. The normalized spacial score (nSPS) is 29.9. The van der Waals surface area contributed by atoms with Crippen molar-refractivity contribution in [2.45, 2.75) is 24.1 Å². The lowest BCUT2D eigenvalue weighted by molar-refractivity contribution is -0.118. The molecule has 128 valence electrons. The van der Waals surface area contributed by atoms with Crippen molar-refractivity contribution >= 4 is 65.9 Å². The molecule has 2 heterocycles. The Morgan fingerprint density at radius 3 is 2.75 bits per heavy atom. The van der Waals surface area contributed by atoms with Crippen LogP contribution >= 0.6 is 39.3 Å². The number of amides is 1. The number of hydrogen-bond donors (Lipinski definition) is 0. The molecular formula is C15H14BrClN2O3S2. The summed E-state index contributed by atoms with van der Waals surface area (Å²) >= 11 is 11.1. The lowest BCUT2D eigenvalue weighted by Crippen LogP contribution is -2.38. The number of anilines is 1. The predicted octanol–water partition coefficient (Wildman–Crippen LogP) is 3.11. The molecule has 1 amide bonds. The number of amidine groups is 1. The van der Waals surface area contributed by atoms with Crippen LogP contribution in [0.2, 0.25) is 5.02 Å².